The Bertz CT molecular complexity index is 258. The van der Waals surface area contributed by atoms with E-state index in [2.05, 4.69) is 0 Å². The number of rotatable bonds is 6. The van der Waals surface area contributed by atoms with Crippen molar-refractivity contribution in [2.75, 3.05) is 6.54 Å². The zero-order chi connectivity index (χ0) is 10.4. The molecule has 15 heavy (non-hydrogen) atoms. The SMILES string of the molecule is O=[C-]CCCCCN1C(=O)C=CC1=O.[Zn]. The van der Waals surface area contributed by atoms with Crippen molar-refractivity contribution in [2.24, 2.45) is 0 Å². The molecule has 4 nitrogen and oxygen atoms in total. The standard InChI is InChI=1S/C10H12NO3.Zn/c12-8-4-2-1-3-7-11-9(13)5-6-10(11)14;/h5-6H,1-4,7H2;/q-1;. The maximum absolute atomic E-state index is 11.1. The molecule has 0 saturated carbocycles. The molecular weight excluding hydrogens is 248 g/mol. The Labute approximate surface area is 101 Å². The van der Waals surface area contributed by atoms with Crippen LogP contribution in [0.5, 0.6) is 0 Å². The zero-order valence-electron chi connectivity index (χ0n) is 8.57. The van der Waals surface area contributed by atoms with Crippen LogP contribution in [0, 0.1) is 0 Å². The molecule has 1 aliphatic heterocycles. The summed E-state index contributed by atoms with van der Waals surface area (Å²) in [5.74, 6) is -0.478. The number of nitrogens with zero attached hydrogens (tertiary/aromatic N) is 1. The smallest absolute Gasteiger partial charge is 0.253 e. The molecule has 5 heteroatoms. The molecule has 1 aliphatic rings. The van der Waals surface area contributed by atoms with E-state index in [0.29, 0.717) is 13.0 Å². The number of amides is 2. The fourth-order valence-electron chi connectivity index (χ4n) is 1.30. The van der Waals surface area contributed by atoms with Crippen molar-refractivity contribution in [2.45, 2.75) is 25.7 Å². The summed E-state index contributed by atoms with van der Waals surface area (Å²) < 4.78 is 0. The van der Waals surface area contributed by atoms with Crippen molar-refractivity contribution in [3.8, 4) is 0 Å². The molecule has 78 valence electrons. The van der Waals surface area contributed by atoms with Crippen LogP contribution in [0.3, 0.4) is 0 Å². The molecule has 0 bridgehead atoms. The minimum atomic E-state index is -0.239. The third kappa shape index (κ3) is 4.47. The maximum Gasteiger partial charge on any atom is 0.253 e. The van der Waals surface area contributed by atoms with Crippen LogP contribution >= 0.6 is 0 Å². The number of carbonyl (C=O) groups is 2. The van der Waals surface area contributed by atoms with Crippen LogP contribution in [0.2, 0.25) is 0 Å². The molecule has 1 rings (SSSR count). The van der Waals surface area contributed by atoms with E-state index in [0.717, 1.165) is 19.3 Å². The van der Waals surface area contributed by atoms with Crippen LogP contribution in [0.25, 0.3) is 0 Å². The summed E-state index contributed by atoms with van der Waals surface area (Å²) in [6.07, 6.45) is 7.15. The molecule has 0 N–H and O–H groups in total. The van der Waals surface area contributed by atoms with Crippen molar-refractivity contribution in [1.29, 1.82) is 0 Å². The fraction of sp³-hybridized carbons (Fsp3) is 0.500. The first-order chi connectivity index (χ1) is 6.75. The Morgan fingerprint density at radius 2 is 1.67 bits per heavy atom. The summed E-state index contributed by atoms with van der Waals surface area (Å²) >= 11 is 0. The molecule has 0 aromatic carbocycles. The third-order valence-corrected chi connectivity index (χ3v) is 2.06. The van der Waals surface area contributed by atoms with Gasteiger partial charge in [-0.3, -0.25) is 20.8 Å². The van der Waals surface area contributed by atoms with Crippen molar-refractivity contribution >= 4 is 18.1 Å². The first kappa shape index (κ1) is 14.2. The van der Waals surface area contributed by atoms with E-state index in [1.165, 1.54) is 17.1 Å². The average Bonchev–Trinajstić information content (AvgIpc) is 2.48. The molecule has 0 unspecified atom stereocenters. The van der Waals surface area contributed by atoms with Crippen LogP contribution in [0.15, 0.2) is 12.2 Å². The first-order valence-electron chi connectivity index (χ1n) is 4.64. The predicted octanol–water partition coefficient (Wildman–Crippen LogP) is 0.579. The fourth-order valence-corrected chi connectivity index (χ4v) is 1.30. The van der Waals surface area contributed by atoms with Crippen LogP contribution in [0.4, 0.5) is 0 Å². The van der Waals surface area contributed by atoms with Gasteiger partial charge in [-0.1, -0.05) is 12.8 Å². The Morgan fingerprint density at radius 1 is 1.07 bits per heavy atom. The third-order valence-electron chi connectivity index (χ3n) is 2.06. The molecule has 0 aromatic heterocycles. The number of hydrogen-bond donors (Lipinski definition) is 0. The van der Waals surface area contributed by atoms with E-state index in [1.807, 2.05) is 0 Å². The van der Waals surface area contributed by atoms with E-state index in [9.17, 15) is 14.4 Å². The molecule has 0 saturated heterocycles. The summed E-state index contributed by atoms with van der Waals surface area (Å²) in [4.78, 5) is 33.2. The summed E-state index contributed by atoms with van der Waals surface area (Å²) in [5, 5.41) is 0. The average molecular weight is 260 g/mol. The quantitative estimate of drug-likeness (QED) is 0.303. The van der Waals surface area contributed by atoms with Crippen LogP contribution < -0.4 is 0 Å². The van der Waals surface area contributed by atoms with Gasteiger partial charge in [-0.05, 0) is 6.42 Å². The predicted molar refractivity (Wildman–Crippen MR) is 50.0 cm³/mol. The van der Waals surface area contributed by atoms with Crippen molar-refractivity contribution in [3.63, 3.8) is 0 Å². The van der Waals surface area contributed by atoms with E-state index < -0.39 is 0 Å². The van der Waals surface area contributed by atoms with Gasteiger partial charge in [0.05, 0.1) is 0 Å². The molecule has 0 atom stereocenters. The molecule has 0 aromatic rings. The van der Waals surface area contributed by atoms with Gasteiger partial charge in [0.2, 0.25) is 0 Å². The van der Waals surface area contributed by atoms with Crippen molar-refractivity contribution in [3.05, 3.63) is 12.2 Å². The summed E-state index contributed by atoms with van der Waals surface area (Å²) in [6, 6.07) is 0. The molecule has 0 radical (unpaired) electrons. The second-order valence-electron chi connectivity index (χ2n) is 3.12. The van der Waals surface area contributed by atoms with Gasteiger partial charge in [0, 0.05) is 38.2 Å². The van der Waals surface area contributed by atoms with Gasteiger partial charge in [-0.2, -0.15) is 6.42 Å². The summed E-state index contributed by atoms with van der Waals surface area (Å²) in [6.45, 7) is 0.448. The number of hydrogen-bond acceptors (Lipinski definition) is 3. The van der Waals surface area contributed by atoms with Crippen molar-refractivity contribution < 1.29 is 33.9 Å². The monoisotopic (exact) mass is 258 g/mol. The van der Waals surface area contributed by atoms with Gasteiger partial charge in [0.15, 0.2) is 0 Å². The van der Waals surface area contributed by atoms with Gasteiger partial charge in [0.1, 0.15) is 0 Å². The van der Waals surface area contributed by atoms with Crippen LogP contribution in [-0.4, -0.2) is 29.5 Å². The largest absolute Gasteiger partial charge is 0.542 e. The van der Waals surface area contributed by atoms with E-state index >= 15 is 0 Å². The number of unbranched alkanes of at least 4 members (excludes halogenated alkanes) is 3. The Balaban J connectivity index is 0.00000196. The van der Waals surface area contributed by atoms with Gasteiger partial charge < -0.3 is 4.79 Å². The molecule has 2 amide bonds. The topological polar surface area (TPSA) is 54.5 Å². The summed E-state index contributed by atoms with van der Waals surface area (Å²) in [7, 11) is 0. The molecule has 0 fully saturated rings. The van der Waals surface area contributed by atoms with Crippen molar-refractivity contribution in [1.82, 2.24) is 4.90 Å². The van der Waals surface area contributed by atoms with Gasteiger partial charge in [-0.25, -0.2) is 0 Å². The second-order valence-corrected chi connectivity index (χ2v) is 3.12. The zero-order valence-corrected chi connectivity index (χ0v) is 11.5. The molecular formula is C10H12NO3Zn-. The molecule has 0 aliphatic carbocycles. The summed E-state index contributed by atoms with van der Waals surface area (Å²) in [5.41, 5.74) is 0. The number of imide groups is 1. The molecule has 1 heterocycles. The second kappa shape index (κ2) is 7.46. The minimum absolute atomic E-state index is 0. The van der Waals surface area contributed by atoms with Gasteiger partial charge in [0.25, 0.3) is 11.8 Å². The molecule has 0 spiro atoms. The number of carbonyl (C=O) groups excluding carboxylic acids is 3. The van der Waals surface area contributed by atoms with Gasteiger partial charge >= 0.3 is 0 Å². The minimum Gasteiger partial charge on any atom is -0.542 e. The van der Waals surface area contributed by atoms with Crippen LogP contribution in [-0.2, 0) is 33.9 Å². The van der Waals surface area contributed by atoms with Crippen LogP contribution in [0.1, 0.15) is 25.7 Å². The maximum atomic E-state index is 11.1. The van der Waals surface area contributed by atoms with E-state index in [-0.39, 0.29) is 31.3 Å². The first-order valence-corrected chi connectivity index (χ1v) is 4.64. The Morgan fingerprint density at radius 3 is 2.20 bits per heavy atom. The Kier molecular flexibility index (Phi) is 7.05. The Hall–Kier alpha value is -0.827. The normalized spacial score (nSPS) is 14.3. The van der Waals surface area contributed by atoms with E-state index in [4.69, 9.17) is 0 Å². The van der Waals surface area contributed by atoms with Gasteiger partial charge in [-0.15, -0.1) is 0 Å². The van der Waals surface area contributed by atoms with E-state index in [1.54, 1.807) is 6.29 Å².